The Morgan fingerprint density at radius 3 is 2.28 bits per heavy atom. The predicted molar refractivity (Wildman–Crippen MR) is 82.3 cm³/mol. The van der Waals surface area contributed by atoms with Crippen LogP contribution in [0.2, 0.25) is 0 Å². The SMILES string of the molecule is O=C(O)Oc1cn(Cc2c(F)cccc2F)c2cccc(F)c2c1=O. The average molecular weight is 349 g/mol. The lowest BCUT2D eigenvalue weighted by Crippen LogP contribution is -2.18. The molecule has 1 aromatic heterocycles. The van der Waals surface area contributed by atoms with Crippen LogP contribution in [0, 0.1) is 17.5 Å². The van der Waals surface area contributed by atoms with E-state index in [2.05, 4.69) is 4.74 Å². The Morgan fingerprint density at radius 2 is 1.64 bits per heavy atom. The molecule has 2 aromatic carbocycles. The van der Waals surface area contributed by atoms with E-state index in [0.717, 1.165) is 29.0 Å². The van der Waals surface area contributed by atoms with Gasteiger partial charge in [-0.1, -0.05) is 12.1 Å². The van der Waals surface area contributed by atoms with Crippen molar-refractivity contribution in [2.45, 2.75) is 6.54 Å². The number of benzene rings is 2. The summed E-state index contributed by atoms with van der Waals surface area (Å²) in [6.07, 6.45) is -0.791. The van der Waals surface area contributed by atoms with Gasteiger partial charge in [0.1, 0.15) is 17.5 Å². The fourth-order valence-electron chi connectivity index (χ4n) is 2.52. The maximum Gasteiger partial charge on any atom is 0.511 e. The van der Waals surface area contributed by atoms with Crippen LogP contribution in [0.25, 0.3) is 10.9 Å². The third-order valence-corrected chi connectivity index (χ3v) is 3.61. The normalized spacial score (nSPS) is 10.8. The predicted octanol–water partition coefficient (Wildman–Crippen LogP) is 3.52. The fourth-order valence-corrected chi connectivity index (χ4v) is 2.52. The van der Waals surface area contributed by atoms with Gasteiger partial charge in [-0.05, 0) is 24.3 Å². The van der Waals surface area contributed by atoms with Crippen LogP contribution < -0.4 is 10.2 Å². The second kappa shape index (κ2) is 6.31. The Kier molecular flexibility index (Phi) is 4.18. The Bertz CT molecular complexity index is 1030. The molecule has 1 heterocycles. The number of ether oxygens (including phenoxy) is 1. The average Bonchev–Trinajstić information content (AvgIpc) is 2.54. The van der Waals surface area contributed by atoms with Crippen LogP contribution in [0.5, 0.6) is 5.75 Å². The molecule has 0 unspecified atom stereocenters. The van der Waals surface area contributed by atoms with Gasteiger partial charge < -0.3 is 14.4 Å². The molecule has 8 heteroatoms. The monoisotopic (exact) mass is 349 g/mol. The van der Waals surface area contributed by atoms with Gasteiger partial charge in [-0.2, -0.15) is 0 Å². The Labute approximate surface area is 138 Å². The summed E-state index contributed by atoms with van der Waals surface area (Å²) in [5.41, 5.74) is -1.25. The molecule has 5 nitrogen and oxygen atoms in total. The van der Waals surface area contributed by atoms with Crippen molar-refractivity contribution in [2.24, 2.45) is 0 Å². The van der Waals surface area contributed by atoms with Crippen molar-refractivity contribution in [2.75, 3.05) is 0 Å². The van der Waals surface area contributed by atoms with E-state index in [1.807, 2.05) is 0 Å². The largest absolute Gasteiger partial charge is 0.511 e. The molecule has 25 heavy (non-hydrogen) atoms. The lowest BCUT2D eigenvalue weighted by Gasteiger charge is -2.14. The summed E-state index contributed by atoms with van der Waals surface area (Å²) in [7, 11) is 0. The molecule has 0 radical (unpaired) electrons. The molecule has 1 N–H and O–H groups in total. The number of aromatic nitrogens is 1. The molecule has 128 valence electrons. The number of carbonyl (C=O) groups is 1. The third-order valence-electron chi connectivity index (χ3n) is 3.61. The van der Waals surface area contributed by atoms with Crippen LogP contribution in [0.1, 0.15) is 5.56 Å². The maximum absolute atomic E-state index is 14.1. The Morgan fingerprint density at radius 1 is 1.04 bits per heavy atom. The van der Waals surface area contributed by atoms with Crippen LogP contribution >= 0.6 is 0 Å². The number of fused-ring (bicyclic) bond motifs is 1. The number of nitrogens with zero attached hydrogens (tertiary/aromatic N) is 1. The topological polar surface area (TPSA) is 68.5 Å². The molecular formula is C17H10F3NO4. The maximum atomic E-state index is 14.1. The minimum absolute atomic E-state index is 0.0467. The quantitative estimate of drug-likeness (QED) is 0.735. The zero-order valence-electron chi connectivity index (χ0n) is 12.5. The first-order chi connectivity index (χ1) is 11.9. The van der Waals surface area contributed by atoms with E-state index in [0.29, 0.717) is 0 Å². The van der Waals surface area contributed by atoms with Crippen molar-refractivity contribution in [3.05, 3.63) is 75.8 Å². The standard InChI is InChI=1S/C17H10F3NO4/c18-10-3-1-4-11(19)9(10)7-21-8-14(25-17(23)24)16(22)15-12(20)5-2-6-13(15)21/h1-6,8H,7H2,(H,23,24). The number of carboxylic acid groups (broad SMARTS) is 1. The zero-order valence-corrected chi connectivity index (χ0v) is 12.5. The van der Waals surface area contributed by atoms with Crippen LogP contribution in [0.4, 0.5) is 18.0 Å². The molecule has 0 aliphatic carbocycles. The first-order valence-electron chi connectivity index (χ1n) is 7.04. The zero-order chi connectivity index (χ0) is 18.1. The number of halogens is 3. The highest BCUT2D eigenvalue weighted by molar-refractivity contribution is 5.81. The minimum atomic E-state index is -1.77. The highest BCUT2D eigenvalue weighted by Crippen LogP contribution is 2.21. The van der Waals surface area contributed by atoms with Gasteiger partial charge in [-0.3, -0.25) is 4.79 Å². The van der Waals surface area contributed by atoms with Gasteiger partial charge in [0, 0.05) is 5.56 Å². The number of hydrogen-bond acceptors (Lipinski definition) is 3. The lowest BCUT2D eigenvalue weighted by molar-refractivity contribution is 0.143. The van der Waals surface area contributed by atoms with Gasteiger partial charge >= 0.3 is 6.16 Å². The molecule has 0 amide bonds. The van der Waals surface area contributed by atoms with Crippen molar-refractivity contribution < 1.29 is 27.8 Å². The summed E-state index contributed by atoms with van der Waals surface area (Å²) in [5, 5.41) is 8.29. The molecule has 3 rings (SSSR count). The van der Waals surface area contributed by atoms with Gasteiger partial charge in [0.05, 0.1) is 23.6 Å². The molecular weight excluding hydrogens is 339 g/mol. The van der Waals surface area contributed by atoms with Crippen LogP contribution in [-0.4, -0.2) is 15.8 Å². The van der Waals surface area contributed by atoms with E-state index in [-0.39, 0.29) is 11.1 Å². The molecule has 0 aliphatic rings. The molecule has 0 aliphatic heterocycles. The molecule has 0 atom stereocenters. The van der Waals surface area contributed by atoms with E-state index in [4.69, 9.17) is 5.11 Å². The Balaban J connectivity index is 2.27. The summed E-state index contributed by atoms with van der Waals surface area (Å²) in [4.78, 5) is 23.0. The second-order valence-corrected chi connectivity index (χ2v) is 5.15. The molecule has 0 saturated heterocycles. The van der Waals surface area contributed by atoms with Crippen molar-refractivity contribution in [3.63, 3.8) is 0 Å². The van der Waals surface area contributed by atoms with Gasteiger partial charge in [-0.25, -0.2) is 18.0 Å². The molecule has 0 bridgehead atoms. The summed E-state index contributed by atoms with van der Waals surface area (Å²) in [6, 6.07) is 7.02. The number of rotatable bonds is 3. The first-order valence-corrected chi connectivity index (χ1v) is 7.04. The van der Waals surface area contributed by atoms with Crippen molar-refractivity contribution in [3.8, 4) is 5.75 Å². The van der Waals surface area contributed by atoms with Crippen molar-refractivity contribution in [1.29, 1.82) is 0 Å². The smallest absolute Gasteiger partial charge is 0.449 e. The van der Waals surface area contributed by atoms with Crippen LogP contribution in [0.3, 0.4) is 0 Å². The molecule has 0 spiro atoms. The Hall–Kier alpha value is -3.29. The van der Waals surface area contributed by atoms with E-state index < -0.39 is 46.7 Å². The first kappa shape index (κ1) is 16.6. The van der Waals surface area contributed by atoms with Crippen molar-refractivity contribution >= 4 is 17.1 Å². The number of pyridine rings is 1. The van der Waals surface area contributed by atoms with Gasteiger partial charge in [0.25, 0.3) is 0 Å². The molecule has 0 saturated carbocycles. The van der Waals surface area contributed by atoms with E-state index in [1.54, 1.807) is 0 Å². The highest BCUT2D eigenvalue weighted by Gasteiger charge is 2.18. The molecule has 3 aromatic rings. The summed E-state index contributed by atoms with van der Waals surface area (Å²) in [5.74, 6) is -3.23. The van der Waals surface area contributed by atoms with E-state index in [9.17, 15) is 22.8 Å². The van der Waals surface area contributed by atoms with Crippen LogP contribution in [-0.2, 0) is 6.54 Å². The van der Waals surface area contributed by atoms with Gasteiger partial charge in [-0.15, -0.1) is 0 Å². The summed E-state index contributed by atoms with van der Waals surface area (Å²) in [6.45, 7) is -0.394. The van der Waals surface area contributed by atoms with Crippen LogP contribution in [0.15, 0.2) is 47.4 Å². The minimum Gasteiger partial charge on any atom is -0.449 e. The second-order valence-electron chi connectivity index (χ2n) is 5.15. The summed E-state index contributed by atoms with van der Waals surface area (Å²) < 4.78 is 47.4. The fraction of sp³-hybridized carbons (Fsp3) is 0.0588. The lowest BCUT2D eigenvalue weighted by atomic mass is 10.1. The van der Waals surface area contributed by atoms with E-state index in [1.165, 1.54) is 18.2 Å². The molecule has 0 fully saturated rings. The van der Waals surface area contributed by atoms with Gasteiger partial charge in [0.15, 0.2) is 5.75 Å². The van der Waals surface area contributed by atoms with E-state index >= 15 is 0 Å². The number of hydrogen-bond donors (Lipinski definition) is 1. The highest BCUT2D eigenvalue weighted by atomic mass is 19.1. The van der Waals surface area contributed by atoms with Gasteiger partial charge in [0.2, 0.25) is 5.43 Å². The van der Waals surface area contributed by atoms with Crippen molar-refractivity contribution in [1.82, 2.24) is 4.57 Å². The summed E-state index contributed by atoms with van der Waals surface area (Å²) >= 11 is 0. The third kappa shape index (κ3) is 3.06.